The SMILES string of the molecule is COCCn1c(Cc2ccc(-c3cccc(OCc4ccc(C#N)nc4)n3)cc2F)nc2ccc(C(=O)O)cc21. The molecule has 0 radical (unpaired) electrons. The molecule has 200 valence electrons. The first-order valence-corrected chi connectivity index (χ1v) is 12.4. The molecule has 0 aliphatic carbocycles. The first-order chi connectivity index (χ1) is 19.4. The number of imidazole rings is 1. The second-order valence-electron chi connectivity index (χ2n) is 8.98. The second-order valence-corrected chi connectivity index (χ2v) is 8.98. The predicted molar refractivity (Wildman–Crippen MR) is 144 cm³/mol. The van der Waals surface area contributed by atoms with Crippen LogP contribution in [0.3, 0.4) is 0 Å². The smallest absolute Gasteiger partial charge is 0.335 e. The molecule has 0 aliphatic rings. The molecule has 9 nitrogen and oxygen atoms in total. The number of halogens is 1. The minimum Gasteiger partial charge on any atom is -0.478 e. The van der Waals surface area contributed by atoms with Gasteiger partial charge in [-0.1, -0.05) is 24.3 Å². The number of rotatable bonds is 10. The molecule has 0 fully saturated rings. The van der Waals surface area contributed by atoms with Gasteiger partial charge in [0.05, 0.1) is 28.9 Å². The fourth-order valence-corrected chi connectivity index (χ4v) is 4.28. The molecule has 3 aromatic heterocycles. The summed E-state index contributed by atoms with van der Waals surface area (Å²) in [7, 11) is 1.58. The summed E-state index contributed by atoms with van der Waals surface area (Å²) >= 11 is 0. The van der Waals surface area contributed by atoms with Crippen LogP contribution in [0.15, 0.2) is 72.9 Å². The van der Waals surface area contributed by atoms with Gasteiger partial charge in [-0.15, -0.1) is 0 Å². The van der Waals surface area contributed by atoms with Crippen molar-refractivity contribution in [1.29, 1.82) is 5.26 Å². The molecule has 1 N–H and O–H groups in total. The zero-order valence-electron chi connectivity index (χ0n) is 21.5. The highest BCUT2D eigenvalue weighted by Crippen LogP contribution is 2.26. The van der Waals surface area contributed by atoms with Crippen molar-refractivity contribution >= 4 is 17.0 Å². The molecule has 0 spiro atoms. The molecule has 0 saturated heterocycles. The monoisotopic (exact) mass is 537 g/mol. The minimum atomic E-state index is -1.03. The van der Waals surface area contributed by atoms with Crippen molar-refractivity contribution in [2.75, 3.05) is 13.7 Å². The van der Waals surface area contributed by atoms with Gasteiger partial charge in [0, 0.05) is 43.5 Å². The zero-order valence-corrected chi connectivity index (χ0v) is 21.5. The lowest BCUT2D eigenvalue weighted by atomic mass is 10.1. The van der Waals surface area contributed by atoms with Crippen molar-refractivity contribution in [3.8, 4) is 23.2 Å². The molecule has 0 amide bonds. The zero-order chi connectivity index (χ0) is 28.1. The molecular weight excluding hydrogens is 513 g/mol. The maximum atomic E-state index is 15.3. The largest absolute Gasteiger partial charge is 0.478 e. The van der Waals surface area contributed by atoms with Crippen LogP contribution in [0.25, 0.3) is 22.3 Å². The summed E-state index contributed by atoms with van der Waals surface area (Å²) < 4.78 is 28.2. The third-order valence-electron chi connectivity index (χ3n) is 6.34. The summed E-state index contributed by atoms with van der Waals surface area (Å²) in [6.45, 7) is 1.06. The quantitative estimate of drug-likeness (QED) is 0.264. The number of benzene rings is 2. The molecule has 0 atom stereocenters. The van der Waals surface area contributed by atoms with E-state index in [0.29, 0.717) is 58.4 Å². The van der Waals surface area contributed by atoms with Gasteiger partial charge in [0.25, 0.3) is 0 Å². The molecule has 5 rings (SSSR count). The number of carboxylic acid groups (broad SMARTS) is 1. The van der Waals surface area contributed by atoms with Gasteiger partial charge in [-0.05, 0) is 42.0 Å². The second kappa shape index (κ2) is 11.7. The number of aromatic carboxylic acids is 1. The van der Waals surface area contributed by atoms with E-state index in [9.17, 15) is 9.90 Å². The van der Waals surface area contributed by atoms with Crippen LogP contribution in [-0.2, 0) is 24.3 Å². The first-order valence-electron chi connectivity index (χ1n) is 12.4. The highest BCUT2D eigenvalue weighted by molar-refractivity contribution is 5.92. The molecule has 40 heavy (non-hydrogen) atoms. The number of nitriles is 1. The van der Waals surface area contributed by atoms with Crippen LogP contribution in [0, 0.1) is 17.1 Å². The van der Waals surface area contributed by atoms with Crippen molar-refractivity contribution in [2.45, 2.75) is 19.6 Å². The number of aromatic nitrogens is 4. The Bertz CT molecular complexity index is 1730. The van der Waals surface area contributed by atoms with E-state index in [0.717, 1.165) is 5.56 Å². The lowest BCUT2D eigenvalue weighted by Gasteiger charge is -2.11. The number of nitrogens with zero attached hydrogens (tertiary/aromatic N) is 5. The summed E-state index contributed by atoms with van der Waals surface area (Å²) in [4.78, 5) is 24.7. The Labute approximate surface area is 229 Å². The van der Waals surface area contributed by atoms with E-state index in [-0.39, 0.29) is 18.6 Å². The van der Waals surface area contributed by atoms with E-state index in [1.54, 1.807) is 67.9 Å². The Balaban J connectivity index is 1.36. The lowest BCUT2D eigenvalue weighted by Crippen LogP contribution is -2.10. The Morgan fingerprint density at radius 3 is 2.70 bits per heavy atom. The fourth-order valence-electron chi connectivity index (χ4n) is 4.28. The van der Waals surface area contributed by atoms with Gasteiger partial charge in [-0.2, -0.15) is 5.26 Å². The van der Waals surface area contributed by atoms with E-state index in [2.05, 4.69) is 15.0 Å². The molecule has 3 heterocycles. The predicted octanol–water partition coefficient (Wildman–Crippen LogP) is 5.02. The highest BCUT2D eigenvalue weighted by Gasteiger charge is 2.16. The number of pyridine rings is 2. The van der Waals surface area contributed by atoms with Crippen molar-refractivity contribution in [2.24, 2.45) is 0 Å². The summed E-state index contributed by atoms with van der Waals surface area (Å²) in [5.74, 6) is -0.462. The van der Waals surface area contributed by atoms with Crippen LogP contribution in [0.2, 0.25) is 0 Å². The highest BCUT2D eigenvalue weighted by atomic mass is 19.1. The summed E-state index contributed by atoms with van der Waals surface area (Å²) in [5, 5.41) is 18.3. The van der Waals surface area contributed by atoms with Crippen molar-refractivity contribution < 1.29 is 23.8 Å². The third-order valence-corrected chi connectivity index (χ3v) is 6.34. The van der Waals surface area contributed by atoms with Gasteiger partial charge < -0.3 is 19.1 Å². The molecule has 10 heteroatoms. The summed E-state index contributed by atoms with van der Waals surface area (Å²) in [6, 6.07) is 20.3. The van der Waals surface area contributed by atoms with Gasteiger partial charge in [0.15, 0.2) is 0 Å². The fraction of sp³-hybridized carbons (Fsp3) is 0.167. The first kappa shape index (κ1) is 26.5. The number of hydrogen-bond donors (Lipinski definition) is 1. The van der Waals surface area contributed by atoms with Crippen LogP contribution in [0.5, 0.6) is 5.88 Å². The number of carboxylic acids is 1. The van der Waals surface area contributed by atoms with Gasteiger partial charge in [-0.25, -0.2) is 24.1 Å². The molecule has 0 unspecified atom stereocenters. The van der Waals surface area contributed by atoms with E-state index in [1.807, 2.05) is 10.6 Å². The normalized spacial score (nSPS) is 10.9. The molecule has 0 aliphatic heterocycles. The standard InChI is InChI=1S/C30H24FN5O4/c1-39-12-11-36-27-14-22(30(37)38)8-10-26(27)34-28(36)15-20-6-7-21(13-24(20)31)25-3-2-4-29(35-25)40-18-19-5-9-23(16-32)33-17-19/h2-10,13-14,17H,11-12,15,18H2,1H3,(H,37,38). The molecule has 2 aromatic carbocycles. The van der Waals surface area contributed by atoms with Gasteiger partial charge in [-0.3, -0.25) is 0 Å². The Morgan fingerprint density at radius 1 is 1.10 bits per heavy atom. The summed E-state index contributed by atoms with van der Waals surface area (Å²) in [6.07, 6.45) is 1.78. The Kier molecular flexibility index (Phi) is 7.75. The molecular formula is C30H24FN5O4. The average molecular weight is 538 g/mol. The number of hydrogen-bond acceptors (Lipinski definition) is 7. The van der Waals surface area contributed by atoms with Crippen molar-refractivity contribution in [3.63, 3.8) is 0 Å². The number of carbonyl (C=O) groups is 1. The average Bonchev–Trinajstić information content (AvgIpc) is 3.32. The van der Waals surface area contributed by atoms with Crippen LogP contribution >= 0.6 is 0 Å². The third kappa shape index (κ3) is 5.80. The van der Waals surface area contributed by atoms with Crippen LogP contribution < -0.4 is 4.74 Å². The Morgan fingerprint density at radius 2 is 1.98 bits per heavy atom. The maximum absolute atomic E-state index is 15.3. The van der Waals surface area contributed by atoms with Crippen molar-refractivity contribution in [3.05, 3.63) is 107 Å². The minimum absolute atomic E-state index is 0.153. The lowest BCUT2D eigenvalue weighted by molar-refractivity contribution is 0.0697. The van der Waals surface area contributed by atoms with Gasteiger partial charge in [0.2, 0.25) is 5.88 Å². The number of methoxy groups -OCH3 is 1. The topological polar surface area (TPSA) is 123 Å². The van der Waals surface area contributed by atoms with Crippen LogP contribution in [-0.4, -0.2) is 44.3 Å². The van der Waals surface area contributed by atoms with Crippen molar-refractivity contribution in [1.82, 2.24) is 19.5 Å². The number of ether oxygens (including phenoxy) is 2. The summed E-state index contributed by atoms with van der Waals surface area (Å²) in [5.41, 5.74) is 4.14. The van der Waals surface area contributed by atoms with Gasteiger partial charge >= 0.3 is 5.97 Å². The van der Waals surface area contributed by atoms with Gasteiger partial charge in [0.1, 0.15) is 30.0 Å². The molecule has 5 aromatic rings. The maximum Gasteiger partial charge on any atom is 0.335 e. The number of fused-ring (bicyclic) bond motifs is 1. The molecule has 0 bridgehead atoms. The van der Waals surface area contributed by atoms with Crippen LogP contribution in [0.4, 0.5) is 4.39 Å². The van der Waals surface area contributed by atoms with E-state index in [4.69, 9.17) is 14.7 Å². The molecule has 0 saturated carbocycles. The van der Waals surface area contributed by atoms with E-state index < -0.39 is 11.8 Å². The van der Waals surface area contributed by atoms with E-state index >= 15 is 4.39 Å². The van der Waals surface area contributed by atoms with E-state index in [1.165, 1.54) is 12.1 Å². The van der Waals surface area contributed by atoms with Crippen LogP contribution in [0.1, 0.15) is 33.0 Å². The Hall–Kier alpha value is -5.14.